The van der Waals surface area contributed by atoms with Gasteiger partial charge in [-0.15, -0.1) is 0 Å². The molecule has 3 atom stereocenters. The molecule has 1 saturated heterocycles. The van der Waals surface area contributed by atoms with Crippen LogP contribution in [0.2, 0.25) is 0 Å². The topological polar surface area (TPSA) is 52.1 Å². The third-order valence-electron chi connectivity index (χ3n) is 6.85. The van der Waals surface area contributed by atoms with Gasteiger partial charge in [0.05, 0.1) is 38.0 Å². The van der Waals surface area contributed by atoms with Gasteiger partial charge in [-0.2, -0.15) is 0 Å². The van der Waals surface area contributed by atoms with E-state index in [4.69, 9.17) is 20.8 Å². The van der Waals surface area contributed by atoms with Crippen molar-refractivity contribution in [2.45, 2.75) is 31.0 Å². The summed E-state index contributed by atoms with van der Waals surface area (Å²) >= 11 is 0. The first-order valence-electron chi connectivity index (χ1n) is 12.4. The standard InChI is InChI=1S/C31H32N2O4/c1-5-37-30(34)27(32-2)20-21-29(36-4)28-22-33(28)31(23-12-8-6-9-13-23,24-14-10-7-11-15-24)25-16-18-26(35-3)19-17-25/h6-20,28-29H,5,21-22H2,1,3-4H3/b27-20-/t28-,29?,33?/m0/s1. The predicted octanol–water partition coefficient (Wildman–Crippen LogP) is 5.44. The lowest BCUT2D eigenvalue weighted by molar-refractivity contribution is -0.138. The van der Waals surface area contributed by atoms with Gasteiger partial charge in [-0.1, -0.05) is 78.9 Å². The number of hydrogen-bond donors (Lipinski definition) is 0. The highest BCUT2D eigenvalue weighted by Crippen LogP contribution is 2.49. The van der Waals surface area contributed by atoms with Gasteiger partial charge in [0, 0.05) is 13.7 Å². The van der Waals surface area contributed by atoms with Crippen molar-refractivity contribution >= 4 is 5.97 Å². The normalized spacial score (nSPS) is 17.9. The van der Waals surface area contributed by atoms with Crippen molar-refractivity contribution < 1.29 is 19.0 Å². The van der Waals surface area contributed by atoms with E-state index in [9.17, 15) is 4.79 Å². The maximum absolute atomic E-state index is 12.1. The Morgan fingerprint density at radius 2 is 1.57 bits per heavy atom. The molecule has 0 spiro atoms. The number of carbonyl (C=O) groups excluding carboxylic acids is 1. The van der Waals surface area contributed by atoms with Gasteiger partial charge in [0.15, 0.2) is 0 Å². The lowest BCUT2D eigenvalue weighted by Gasteiger charge is -2.39. The van der Waals surface area contributed by atoms with Crippen molar-refractivity contribution in [3.05, 3.63) is 125 Å². The minimum Gasteiger partial charge on any atom is -0.497 e. The fourth-order valence-corrected chi connectivity index (χ4v) is 5.06. The fraction of sp³-hybridized carbons (Fsp3) is 0.290. The molecule has 6 nitrogen and oxygen atoms in total. The monoisotopic (exact) mass is 496 g/mol. The molecule has 1 heterocycles. The lowest BCUT2D eigenvalue weighted by atomic mass is 9.76. The van der Waals surface area contributed by atoms with Gasteiger partial charge in [0.1, 0.15) is 5.75 Å². The highest BCUT2D eigenvalue weighted by Gasteiger charge is 2.55. The first kappa shape index (κ1) is 26.2. The summed E-state index contributed by atoms with van der Waals surface area (Å²) in [5.41, 5.74) is 2.83. The Morgan fingerprint density at radius 1 is 1.00 bits per heavy atom. The second-order valence-corrected chi connectivity index (χ2v) is 8.82. The highest BCUT2D eigenvalue weighted by molar-refractivity contribution is 5.90. The molecule has 0 radical (unpaired) electrons. The van der Waals surface area contributed by atoms with Gasteiger partial charge >= 0.3 is 5.97 Å². The van der Waals surface area contributed by atoms with E-state index in [-0.39, 0.29) is 24.4 Å². The van der Waals surface area contributed by atoms with Crippen LogP contribution in [0.1, 0.15) is 30.0 Å². The number of hydrogen-bond acceptors (Lipinski definition) is 5. The maximum Gasteiger partial charge on any atom is 0.335 e. The highest BCUT2D eigenvalue weighted by atomic mass is 16.5. The molecule has 0 saturated carbocycles. The van der Waals surface area contributed by atoms with Crippen molar-refractivity contribution in [1.29, 1.82) is 0 Å². The first-order valence-corrected chi connectivity index (χ1v) is 12.4. The summed E-state index contributed by atoms with van der Waals surface area (Å²) < 4.78 is 16.4. The number of benzene rings is 3. The molecule has 0 amide bonds. The van der Waals surface area contributed by atoms with Gasteiger partial charge in [-0.25, -0.2) is 4.85 Å². The third-order valence-corrected chi connectivity index (χ3v) is 6.85. The summed E-state index contributed by atoms with van der Waals surface area (Å²) in [5.74, 6) is 0.202. The predicted molar refractivity (Wildman–Crippen MR) is 143 cm³/mol. The molecule has 2 unspecified atom stereocenters. The van der Waals surface area contributed by atoms with Gasteiger partial charge in [-0.3, -0.25) is 9.69 Å². The van der Waals surface area contributed by atoms with E-state index < -0.39 is 11.5 Å². The zero-order valence-corrected chi connectivity index (χ0v) is 21.5. The third kappa shape index (κ3) is 5.29. The van der Waals surface area contributed by atoms with Gasteiger partial charge in [-0.05, 0) is 42.2 Å². The quantitative estimate of drug-likeness (QED) is 0.116. The van der Waals surface area contributed by atoms with E-state index in [1.54, 1.807) is 27.2 Å². The summed E-state index contributed by atoms with van der Waals surface area (Å²) in [5, 5.41) is 0. The number of methoxy groups -OCH3 is 2. The molecular weight excluding hydrogens is 464 g/mol. The van der Waals surface area contributed by atoms with Crippen molar-refractivity contribution in [2.75, 3.05) is 27.4 Å². The lowest BCUT2D eigenvalue weighted by Crippen LogP contribution is -2.40. The van der Waals surface area contributed by atoms with Crippen LogP contribution in [0.4, 0.5) is 0 Å². The Hall–Kier alpha value is -3.92. The Morgan fingerprint density at radius 3 is 2.05 bits per heavy atom. The minimum atomic E-state index is -0.596. The number of ether oxygens (including phenoxy) is 3. The van der Waals surface area contributed by atoms with Crippen molar-refractivity contribution in [1.82, 2.24) is 4.90 Å². The van der Waals surface area contributed by atoms with E-state index in [2.05, 4.69) is 70.4 Å². The number of carbonyl (C=O) groups is 1. The minimum absolute atomic E-state index is 0.0105. The second kappa shape index (κ2) is 11.9. The van der Waals surface area contributed by atoms with Crippen molar-refractivity contribution in [3.8, 4) is 5.75 Å². The van der Waals surface area contributed by atoms with Crippen LogP contribution in [0.15, 0.2) is 96.7 Å². The smallest absolute Gasteiger partial charge is 0.335 e. The largest absolute Gasteiger partial charge is 0.497 e. The Kier molecular flexibility index (Phi) is 8.39. The molecule has 3 aromatic rings. The molecule has 1 fully saturated rings. The van der Waals surface area contributed by atoms with Crippen LogP contribution >= 0.6 is 0 Å². The van der Waals surface area contributed by atoms with Crippen LogP contribution in [0.5, 0.6) is 5.75 Å². The molecule has 37 heavy (non-hydrogen) atoms. The molecule has 1 aliphatic rings. The van der Waals surface area contributed by atoms with Crippen LogP contribution in [0.25, 0.3) is 4.85 Å². The molecule has 0 aromatic heterocycles. The van der Waals surface area contributed by atoms with Crippen molar-refractivity contribution in [3.63, 3.8) is 0 Å². The summed E-state index contributed by atoms with van der Waals surface area (Å²) in [4.78, 5) is 17.9. The Balaban J connectivity index is 1.77. The first-order chi connectivity index (χ1) is 18.1. The molecule has 4 rings (SSSR count). The van der Waals surface area contributed by atoms with E-state index in [1.807, 2.05) is 24.3 Å². The number of rotatable bonds is 11. The summed E-state index contributed by atoms with van der Waals surface area (Å²) in [6.45, 7) is 10.1. The molecule has 3 aromatic carbocycles. The summed E-state index contributed by atoms with van der Waals surface area (Å²) in [6.07, 6.45) is 1.85. The van der Waals surface area contributed by atoms with Crippen LogP contribution in [0, 0.1) is 6.57 Å². The fourth-order valence-electron chi connectivity index (χ4n) is 5.06. The second-order valence-electron chi connectivity index (χ2n) is 8.82. The van der Waals surface area contributed by atoms with Crippen LogP contribution in [-0.4, -0.2) is 50.4 Å². The van der Waals surface area contributed by atoms with E-state index in [0.29, 0.717) is 6.42 Å². The number of nitrogens with zero attached hydrogens (tertiary/aromatic N) is 2. The van der Waals surface area contributed by atoms with Crippen molar-refractivity contribution in [2.24, 2.45) is 0 Å². The Labute approximate surface area is 218 Å². The molecule has 1 aliphatic heterocycles. The van der Waals surface area contributed by atoms with E-state index in [0.717, 1.165) is 29.0 Å². The zero-order valence-electron chi connectivity index (χ0n) is 21.5. The van der Waals surface area contributed by atoms with Gasteiger partial charge < -0.3 is 14.2 Å². The SMILES string of the molecule is [C-]#[N+]/C(=C\CC(OC)[C@@H]1CN1C(c1ccccc1)(c1ccccc1)c1ccc(OC)cc1)C(=O)OCC. The molecule has 190 valence electrons. The summed E-state index contributed by atoms with van der Waals surface area (Å²) in [7, 11) is 3.35. The average molecular weight is 497 g/mol. The van der Waals surface area contributed by atoms with Gasteiger partial charge in [0.2, 0.25) is 0 Å². The zero-order chi connectivity index (χ0) is 26.3. The van der Waals surface area contributed by atoms with Crippen LogP contribution < -0.4 is 4.74 Å². The molecule has 0 aliphatic carbocycles. The molecule has 0 bridgehead atoms. The maximum atomic E-state index is 12.1. The van der Waals surface area contributed by atoms with Crippen LogP contribution in [-0.2, 0) is 19.8 Å². The van der Waals surface area contributed by atoms with E-state index in [1.165, 1.54) is 0 Å². The Bertz CT molecular complexity index is 1210. The van der Waals surface area contributed by atoms with E-state index >= 15 is 0 Å². The molecular formula is C31H32N2O4. The molecule has 0 N–H and O–H groups in total. The van der Waals surface area contributed by atoms with Crippen LogP contribution in [0.3, 0.4) is 0 Å². The van der Waals surface area contributed by atoms with Gasteiger partial charge in [0.25, 0.3) is 5.70 Å². The summed E-state index contributed by atoms with van der Waals surface area (Å²) in [6, 6.07) is 29.2. The molecule has 6 heteroatoms. The number of esters is 1. The average Bonchev–Trinajstić information content (AvgIpc) is 3.74.